The Morgan fingerprint density at radius 3 is 2.76 bits per heavy atom. The van der Waals surface area contributed by atoms with Crippen LogP contribution in [0.1, 0.15) is 24.4 Å². The zero-order valence-corrected chi connectivity index (χ0v) is 20.0. The number of carbonyl (C=O) groups excluding carboxylic acids is 1. The molecule has 1 fully saturated rings. The van der Waals surface area contributed by atoms with Gasteiger partial charge in [-0.05, 0) is 43.2 Å². The van der Waals surface area contributed by atoms with Crippen molar-refractivity contribution in [3.8, 4) is 11.5 Å². The molecule has 4 aromatic rings. The van der Waals surface area contributed by atoms with Crippen LogP contribution in [0.15, 0.2) is 52.4 Å². The Bertz CT molecular complexity index is 1450. The van der Waals surface area contributed by atoms with Crippen LogP contribution in [0.2, 0.25) is 0 Å². The Balaban J connectivity index is 1.42. The second-order valence-corrected chi connectivity index (χ2v) is 9.08. The SMILES string of the molecule is COc1ccc(OC)c([C@@H]2CCCN2C(=O)CSc2nnc3n(C)c(=O)c4ccccc4n23)c1. The monoisotopic (exact) mass is 479 g/mol. The van der Waals surface area contributed by atoms with Gasteiger partial charge in [0.05, 0.1) is 36.9 Å². The summed E-state index contributed by atoms with van der Waals surface area (Å²) in [5, 5.41) is 9.64. The summed E-state index contributed by atoms with van der Waals surface area (Å²) < 4.78 is 14.3. The number of benzene rings is 2. The lowest BCUT2D eigenvalue weighted by Crippen LogP contribution is -2.32. The Morgan fingerprint density at radius 1 is 1.15 bits per heavy atom. The molecule has 176 valence electrons. The van der Waals surface area contributed by atoms with Crippen molar-refractivity contribution in [1.29, 1.82) is 0 Å². The summed E-state index contributed by atoms with van der Waals surface area (Å²) in [7, 11) is 4.94. The summed E-state index contributed by atoms with van der Waals surface area (Å²) in [6, 6.07) is 13.0. The van der Waals surface area contributed by atoms with E-state index in [0.717, 1.165) is 35.4 Å². The number of thioether (sulfide) groups is 1. The van der Waals surface area contributed by atoms with E-state index in [-0.39, 0.29) is 23.3 Å². The number of rotatable bonds is 6. The normalized spacial score (nSPS) is 15.9. The number of amides is 1. The van der Waals surface area contributed by atoms with E-state index >= 15 is 0 Å². The van der Waals surface area contributed by atoms with Crippen LogP contribution in [0.4, 0.5) is 0 Å². The van der Waals surface area contributed by atoms with E-state index in [1.54, 1.807) is 27.3 Å². The van der Waals surface area contributed by atoms with Crippen LogP contribution in [0.3, 0.4) is 0 Å². The van der Waals surface area contributed by atoms with Gasteiger partial charge in [-0.25, -0.2) is 0 Å². The van der Waals surface area contributed by atoms with Gasteiger partial charge in [-0.3, -0.25) is 18.6 Å². The summed E-state index contributed by atoms with van der Waals surface area (Å²) >= 11 is 1.32. The molecule has 2 aromatic carbocycles. The number of para-hydroxylation sites is 1. The lowest BCUT2D eigenvalue weighted by Gasteiger charge is -2.26. The molecule has 0 radical (unpaired) electrons. The van der Waals surface area contributed by atoms with E-state index in [9.17, 15) is 9.59 Å². The smallest absolute Gasteiger partial charge is 0.262 e. The first kappa shape index (κ1) is 22.3. The van der Waals surface area contributed by atoms with Gasteiger partial charge in [-0.15, -0.1) is 10.2 Å². The second kappa shape index (κ2) is 9.02. The zero-order chi connectivity index (χ0) is 23.8. The minimum atomic E-state index is -0.129. The minimum absolute atomic E-state index is 0.0169. The minimum Gasteiger partial charge on any atom is -0.497 e. The number of carbonyl (C=O) groups is 1. The molecular weight excluding hydrogens is 454 g/mol. The summed E-state index contributed by atoms with van der Waals surface area (Å²) in [6.07, 6.45) is 1.78. The largest absolute Gasteiger partial charge is 0.497 e. The van der Waals surface area contributed by atoms with Crippen molar-refractivity contribution < 1.29 is 14.3 Å². The van der Waals surface area contributed by atoms with Gasteiger partial charge >= 0.3 is 0 Å². The quantitative estimate of drug-likeness (QED) is 0.393. The maximum Gasteiger partial charge on any atom is 0.262 e. The average Bonchev–Trinajstić information content (AvgIpc) is 3.53. The third kappa shape index (κ3) is 3.67. The molecule has 0 unspecified atom stereocenters. The number of aryl methyl sites for hydroxylation is 1. The number of nitrogens with zero attached hydrogens (tertiary/aromatic N) is 5. The zero-order valence-electron chi connectivity index (χ0n) is 19.2. The highest BCUT2D eigenvalue weighted by Crippen LogP contribution is 2.39. The number of aromatic nitrogens is 4. The van der Waals surface area contributed by atoms with Gasteiger partial charge in [0, 0.05) is 19.2 Å². The number of hydrogen-bond acceptors (Lipinski definition) is 7. The van der Waals surface area contributed by atoms with E-state index in [1.807, 2.05) is 45.7 Å². The lowest BCUT2D eigenvalue weighted by molar-refractivity contribution is -0.129. The standard InChI is InChI=1S/C24H25N5O4S/c1-27-22(31)16-7-4-5-8-19(16)29-23(27)25-26-24(29)34-14-21(30)28-12-6-9-18(28)17-13-15(32-2)10-11-20(17)33-3/h4-5,7-8,10-11,13,18H,6,9,12,14H2,1-3H3/t18-/m0/s1. The van der Waals surface area contributed by atoms with E-state index in [1.165, 1.54) is 16.3 Å². The first-order valence-corrected chi connectivity index (χ1v) is 12.0. The molecule has 0 N–H and O–H groups in total. The van der Waals surface area contributed by atoms with Crippen molar-refractivity contribution in [3.05, 3.63) is 58.4 Å². The van der Waals surface area contributed by atoms with Crippen LogP contribution in [0.5, 0.6) is 11.5 Å². The highest BCUT2D eigenvalue weighted by Gasteiger charge is 2.32. The van der Waals surface area contributed by atoms with Gasteiger partial charge in [0.15, 0.2) is 5.16 Å². The molecule has 2 aromatic heterocycles. The fraction of sp³-hybridized carbons (Fsp3) is 0.333. The number of hydrogen-bond donors (Lipinski definition) is 0. The molecule has 1 saturated heterocycles. The summed E-state index contributed by atoms with van der Waals surface area (Å²) in [5.41, 5.74) is 1.54. The van der Waals surface area contributed by atoms with Gasteiger partial charge < -0.3 is 14.4 Å². The molecule has 10 heteroatoms. The maximum absolute atomic E-state index is 13.3. The molecule has 0 aliphatic carbocycles. The Kier molecular flexibility index (Phi) is 5.91. The molecule has 1 amide bonds. The van der Waals surface area contributed by atoms with Gasteiger partial charge in [0.25, 0.3) is 5.56 Å². The predicted molar refractivity (Wildman–Crippen MR) is 130 cm³/mol. The van der Waals surface area contributed by atoms with E-state index < -0.39 is 0 Å². The van der Waals surface area contributed by atoms with Crippen molar-refractivity contribution >= 4 is 34.3 Å². The van der Waals surface area contributed by atoms with Crippen molar-refractivity contribution in [3.63, 3.8) is 0 Å². The van der Waals surface area contributed by atoms with Crippen LogP contribution < -0.4 is 15.0 Å². The van der Waals surface area contributed by atoms with Crippen LogP contribution in [-0.2, 0) is 11.8 Å². The molecule has 0 bridgehead atoms. The highest BCUT2D eigenvalue weighted by atomic mass is 32.2. The third-order valence-corrected chi connectivity index (χ3v) is 7.20. The van der Waals surface area contributed by atoms with Crippen LogP contribution in [0.25, 0.3) is 16.7 Å². The lowest BCUT2D eigenvalue weighted by atomic mass is 10.0. The summed E-state index contributed by atoms with van der Waals surface area (Å²) in [6.45, 7) is 0.683. The van der Waals surface area contributed by atoms with E-state index in [2.05, 4.69) is 10.2 Å². The fourth-order valence-corrected chi connectivity index (χ4v) is 5.43. The van der Waals surface area contributed by atoms with Crippen molar-refractivity contribution in [1.82, 2.24) is 24.1 Å². The predicted octanol–water partition coefficient (Wildman–Crippen LogP) is 3.05. The Labute approximate surface area is 200 Å². The second-order valence-electron chi connectivity index (χ2n) is 8.14. The molecule has 0 saturated carbocycles. The van der Waals surface area contributed by atoms with Crippen LogP contribution >= 0.6 is 11.8 Å². The van der Waals surface area contributed by atoms with Crippen LogP contribution in [0, 0.1) is 0 Å². The maximum atomic E-state index is 13.3. The molecule has 1 aliphatic rings. The Hall–Kier alpha value is -3.53. The van der Waals surface area contributed by atoms with Gasteiger partial charge in [0.2, 0.25) is 11.7 Å². The molecule has 1 atom stereocenters. The molecule has 9 nitrogen and oxygen atoms in total. The topological polar surface area (TPSA) is 91.0 Å². The third-order valence-electron chi connectivity index (χ3n) is 6.29. The van der Waals surface area contributed by atoms with Crippen molar-refractivity contribution in [2.75, 3.05) is 26.5 Å². The van der Waals surface area contributed by atoms with E-state index in [0.29, 0.717) is 22.9 Å². The Morgan fingerprint density at radius 2 is 1.97 bits per heavy atom. The summed E-state index contributed by atoms with van der Waals surface area (Å²) in [4.78, 5) is 27.9. The molecule has 3 heterocycles. The highest BCUT2D eigenvalue weighted by molar-refractivity contribution is 7.99. The first-order chi connectivity index (χ1) is 16.5. The van der Waals surface area contributed by atoms with E-state index in [4.69, 9.17) is 9.47 Å². The molecule has 5 rings (SSSR count). The number of likely N-dealkylation sites (tertiary alicyclic amines) is 1. The average molecular weight is 480 g/mol. The number of ether oxygens (including phenoxy) is 2. The fourth-order valence-electron chi connectivity index (χ4n) is 4.60. The van der Waals surface area contributed by atoms with Gasteiger partial charge in [0.1, 0.15) is 11.5 Å². The van der Waals surface area contributed by atoms with Crippen LogP contribution in [-0.4, -0.2) is 56.5 Å². The molecular formula is C24H25N5O4S. The van der Waals surface area contributed by atoms with Crippen molar-refractivity contribution in [2.45, 2.75) is 24.0 Å². The summed E-state index contributed by atoms with van der Waals surface area (Å²) in [5.74, 6) is 2.15. The molecule has 34 heavy (non-hydrogen) atoms. The first-order valence-electron chi connectivity index (χ1n) is 11.0. The number of fused-ring (bicyclic) bond motifs is 3. The molecule has 0 spiro atoms. The van der Waals surface area contributed by atoms with Gasteiger partial charge in [-0.2, -0.15) is 0 Å². The molecule has 1 aliphatic heterocycles. The van der Waals surface area contributed by atoms with Gasteiger partial charge in [-0.1, -0.05) is 23.9 Å². The van der Waals surface area contributed by atoms with Crippen molar-refractivity contribution in [2.24, 2.45) is 7.05 Å². The number of methoxy groups -OCH3 is 2.